The Balaban J connectivity index is 1.89. The number of aromatic nitrogens is 2. The molecule has 1 saturated heterocycles. The Morgan fingerprint density at radius 2 is 2.47 bits per heavy atom. The Hall–Kier alpha value is -0.920. The fourth-order valence-corrected chi connectivity index (χ4v) is 3.16. The summed E-state index contributed by atoms with van der Waals surface area (Å²) in [6.07, 6.45) is 4.91. The maximum atomic E-state index is 11.8. The Labute approximate surface area is 101 Å². The van der Waals surface area contributed by atoms with Gasteiger partial charge in [0.15, 0.2) is 0 Å². The highest BCUT2D eigenvalue weighted by Gasteiger charge is 2.21. The van der Waals surface area contributed by atoms with Gasteiger partial charge in [-0.15, -0.1) is 0 Å². The van der Waals surface area contributed by atoms with Crippen molar-refractivity contribution in [3.05, 3.63) is 12.4 Å². The fourth-order valence-electron chi connectivity index (χ4n) is 2.14. The number of nitrogens with one attached hydrogen (secondary N) is 2. The minimum atomic E-state index is -3.40. The van der Waals surface area contributed by atoms with Crippen molar-refractivity contribution in [2.45, 2.75) is 17.7 Å². The molecule has 7 heteroatoms. The lowest BCUT2D eigenvalue weighted by atomic mass is 9.99. The van der Waals surface area contributed by atoms with Crippen molar-refractivity contribution >= 4 is 10.0 Å². The lowest BCUT2D eigenvalue weighted by Crippen LogP contribution is -2.39. The Bertz CT molecular complexity index is 443. The summed E-state index contributed by atoms with van der Waals surface area (Å²) in [5.74, 6) is 0.399. The smallest absolute Gasteiger partial charge is 0.243 e. The molecule has 1 aromatic heterocycles. The molecule has 1 aromatic rings. The second-order valence-electron chi connectivity index (χ2n) is 4.56. The second-order valence-corrected chi connectivity index (χ2v) is 6.32. The number of hydrogen-bond acceptors (Lipinski definition) is 4. The molecule has 0 amide bonds. The van der Waals surface area contributed by atoms with Crippen LogP contribution in [0.4, 0.5) is 0 Å². The minimum absolute atomic E-state index is 0.196. The van der Waals surface area contributed by atoms with Crippen LogP contribution >= 0.6 is 0 Å². The molecule has 1 unspecified atom stereocenters. The number of likely N-dealkylation sites (tertiary alicyclic amines) is 1. The molecule has 0 bridgehead atoms. The van der Waals surface area contributed by atoms with Gasteiger partial charge in [-0.25, -0.2) is 13.1 Å². The molecule has 1 fully saturated rings. The van der Waals surface area contributed by atoms with Crippen LogP contribution in [-0.2, 0) is 10.0 Å². The molecule has 6 nitrogen and oxygen atoms in total. The van der Waals surface area contributed by atoms with Crippen LogP contribution in [0.1, 0.15) is 12.8 Å². The number of aromatic amines is 1. The number of nitrogens with zero attached hydrogens (tertiary/aromatic N) is 2. The van der Waals surface area contributed by atoms with E-state index in [0.717, 1.165) is 25.9 Å². The molecule has 2 rings (SSSR count). The second kappa shape index (κ2) is 5.16. The molecule has 0 radical (unpaired) electrons. The van der Waals surface area contributed by atoms with Gasteiger partial charge in [-0.2, -0.15) is 5.10 Å². The van der Waals surface area contributed by atoms with Gasteiger partial charge in [-0.05, 0) is 32.4 Å². The first-order valence-electron chi connectivity index (χ1n) is 5.75. The van der Waals surface area contributed by atoms with Crippen LogP contribution in [0, 0.1) is 5.92 Å². The summed E-state index contributed by atoms with van der Waals surface area (Å²) in [5.41, 5.74) is 0. The van der Waals surface area contributed by atoms with Crippen molar-refractivity contribution in [3.8, 4) is 0 Å². The predicted molar refractivity (Wildman–Crippen MR) is 64.0 cm³/mol. The SMILES string of the molecule is CN1CCCC(CNS(=O)(=O)c2cn[nH]c2)C1. The third-order valence-corrected chi connectivity index (χ3v) is 4.46. The highest BCUT2D eigenvalue weighted by molar-refractivity contribution is 7.89. The average Bonchev–Trinajstić information content (AvgIpc) is 2.81. The zero-order chi connectivity index (χ0) is 12.3. The van der Waals surface area contributed by atoms with Gasteiger partial charge in [0.25, 0.3) is 0 Å². The lowest BCUT2D eigenvalue weighted by molar-refractivity contribution is 0.211. The number of piperidine rings is 1. The van der Waals surface area contributed by atoms with Gasteiger partial charge in [0.2, 0.25) is 10.0 Å². The first-order chi connectivity index (χ1) is 8.08. The van der Waals surface area contributed by atoms with Gasteiger partial charge in [0.1, 0.15) is 4.90 Å². The van der Waals surface area contributed by atoms with E-state index in [1.165, 1.54) is 12.4 Å². The van der Waals surface area contributed by atoms with Gasteiger partial charge in [0, 0.05) is 19.3 Å². The van der Waals surface area contributed by atoms with Gasteiger partial charge < -0.3 is 4.90 Å². The Morgan fingerprint density at radius 3 is 3.12 bits per heavy atom. The maximum absolute atomic E-state index is 11.8. The molecule has 0 aliphatic carbocycles. The third kappa shape index (κ3) is 3.27. The normalized spacial score (nSPS) is 22.8. The third-order valence-electron chi connectivity index (χ3n) is 3.07. The van der Waals surface area contributed by atoms with Crippen LogP contribution in [-0.4, -0.2) is 50.2 Å². The van der Waals surface area contributed by atoms with E-state index < -0.39 is 10.0 Å². The van der Waals surface area contributed by atoms with Crippen molar-refractivity contribution in [2.75, 3.05) is 26.7 Å². The molecule has 0 saturated carbocycles. The largest absolute Gasteiger partial charge is 0.306 e. The van der Waals surface area contributed by atoms with E-state index in [-0.39, 0.29) is 4.90 Å². The topological polar surface area (TPSA) is 78.1 Å². The van der Waals surface area contributed by atoms with E-state index in [4.69, 9.17) is 0 Å². The lowest BCUT2D eigenvalue weighted by Gasteiger charge is -2.29. The monoisotopic (exact) mass is 258 g/mol. The van der Waals surface area contributed by atoms with Crippen molar-refractivity contribution in [3.63, 3.8) is 0 Å². The predicted octanol–water partition coefficient (Wildman–Crippen LogP) is 0.0298. The van der Waals surface area contributed by atoms with Crippen molar-refractivity contribution < 1.29 is 8.42 Å². The number of H-pyrrole nitrogens is 1. The quantitative estimate of drug-likeness (QED) is 0.798. The molecular weight excluding hydrogens is 240 g/mol. The van der Waals surface area contributed by atoms with E-state index >= 15 is 0 Å². The van der Waals surface area contributed by atoms with Crippen molar-refractivity contribution in [2.24, 2.45) is 5.92 Å². The van der Waals surface area contributed by atoms with Crippen LogP contribution in [0.5, 0.6) is 0 Å². The molecule has 1 aliphatic heterocycles. The first-order valence-corrected chi connectivity index (χ1v) is 7.23. The van der Waals surface area contributed by atoms with Crippen LogP contribution in [0.3, 0.4) is 0 Å². The first kappa shape index (κ1) is 12.5. The minimum Gasteiger partial charge on any atom is -0.306 e. The zero-order valence-corrected chi connectivity index (χ0v) is 10.7. The van der Waals surface area contributed by atoms with Crippen molar-refractivity contribution in [1.29, 1.82) is 0 Å². The Morgan fingerprint density at radius 1 is 1.65 bits per heavy atom. The standard InChI is InChI=1S/C10H18N4O2S/c1-14-4-2-3-9(8-14)5-13-17(15,16)10-6-11-12-7-10/h6-7,9,13H,2-5,8H2,1H3,(H,11,12). The summed E-state index contributed by atoms with van der Waals surface area (Å²) in [5, 5.41) is 6.15. The van der Waals surface area contributed by atoms with Crippen LogP contribution in [0.15, 0.2) is 17.3 Å². The summed E-state index contributed by atoms with van der Waals surface area (Å²) in [7, 11) is -1.33. The fraction of sp³-hybridized carbons (Fsp3) is 0.700. The highest BCUT2D eigenvalue weighted by atomic mass is 32.2. The molecule has 1 aliphatic rings. The summed E-state index contributed by atoms with van der Waals surface area (Å²) < 4.78 is 26.3. The van der Waals surface area contributed by atoms with Gasteiger partial charge in [-0.3, -0.25) is 5.10 Å². The van der Waals surface area contributed by atoms with Gasteiger partial charge in [0.05, 0.1) is 6.20 Å². The van der Waals surface area contributed by atoms with E-state index in [1.54, 1.807) is 0 Å². The summed E-state index contributed by atoms with van der Waals surface area (Å²) in [6.45, 7) is 2.55. The molecule has 2 N–H and O–H groups in total. The van der Waals surface area contributed by atoms with Gasteiger partial charge >= 0.3 is 0 Å². The maximum Gasteiger partial charge on any atom is 0.243 e. The number of rotatable bonds is 4. The van der Waals surface area contributed by atoms with E-state index in [2.05, 4.69) is 26.9 Å². The van der Waals surface area contributed by atoms with E-state index in [1.807, 2.05) is 0 Å². The molecule has 0 aromatic carbocycles. The van der Waals surface area contributed by atoms with E-state index in [9.17, 15) is 8.42 Å². The summed E-state index contributed by atoms with van der Waals surface area (Å²) in [4.78, 5) is 2.43. The van der Waals surface area contributed by atoms with Gasteiger partial charge in [-0.1, -0.05) is 0 Å². The molecule has 17 heavy (non-hydrogen) atoms. The van der Waals surface area contributed by atoms with Crippen LogP contribution in [0.25, 0.3) is 0 Å². The molecule has 2 heterocycles. The average molecular weight is 258 g/mol. The number of sulfonamides is 1. The Kier molecular flexibility index (Phi) is 3.80. The molecule has 0 spiro atoms. The van der Waals surface area contributed by atoms with E-state index in [0.29, 0.717) is 12.5 Å². The van der Waals surface area contributed by atoms with Crippen LogP contribution < -0.4 is 4.72 Å². The molecule has 96 valence electrons. The van der Waals surface area contributed by atoms with Crippen molar-refractivity contribution in [1.82, 2.24) is 19.8 Å². The molecular formula is C10H18N4O2S. The van der Waals surface area contributed by atoms with Crippen LogP contribution in [0.2, 0.25) is 0 Å². The summed E-state index contributed by atoms with van der Waals surface area (Å²) >= 11 is 0. The molecule has 1 atom stereocenters. The zero-order valence-electron chi connectivity index (χ0n) is 9.89. The highest BCUT2D eigenvalue weighted by Crippen LogP contribution is 2.15. The number of hydrogen-bond donors (Lipinski definition) is 2. The summed E-state index contributed by atoms with van der Waals surface area (Å²) in [6, 6.07) is 0.